The van der Waals surface area contributed by atoms with Crippen LogP contribution in [-0.2, 0) is 21.0 Å². The van der Waals surface area contributed by atoms with Gasteiger partial charge in [0.25, 0.3) is 0 Å². The predicted molar refractivity (Wildman–Crippen MR) is 76.2 cm³/mol. The zero-order chi connectivity index (χ0) is 17.0. The van der Waals surface area contributed by atoms with E-state index in [4.69, 9.17) is 5.11 Å². The molecule has 0 heterocycles. The van der Waals surface area contributed by atoms with Gasteiger partial charge in [-0.25, -0.2) is 8.42 Å². The summed E-state index contributed by atoms with van der Waals surface area (Å²) < 4.78 is 63.8. The van der Waals surface area contributed by atoms with Gasteiger partial charge in [-0.2, -0.15) is 29.7 Å². The molecule has 124 valence electrons. The first-order chi connectivity index (χ1) is 10.1. The highest BCUT2D eigenvalue weighted by molar-refractivity contribution is 7.98. The number of carbonyl (C=O) groups is 1. The maximum Gasteiger partial charge on any atom is 0.416 e. The molecule has 1 rings (SSSR count). The van der Waals surface area contributed by atoms with Crippen molar-refractivity contribution in [1.82, 2.24) is 4.72 Å². The fourth-order valence-electron chi connectivity index (χ4n) is 1.56. The molecule has 1 aromatic rings. The summed E-state index contributed by atoms with van der Waals surface area (Å²) in [6.45, 7) is 0. The number of sulfonamides is 1. The zero-order valence-corrected chi connectivity index (χ0v) is 13.1. The van der Waals surface area contributed by atoms with E-state index >= 15 is 0 Å². The topological polar surface area (TPSA) is 83.5 Å². The fourth-order valence-corrected chi connectivity index (χ4v) is 3.30. The number of thioether (sulfide) groups is 1. The summed E-state index contributed by atoms with van der Waals surface area (Å²) in [6.07, 6.45) is -2.94. The van der Waals surface area contributed by atoms with Gasteiger partial charge in [0.15, 0.2) is 0 Å². The number of alkyl halides is 3. The molecule has 0 aliphatic carbocycles. The molecule has 22 heavy (non-hydrogen) atoms. The molecule has 0 aliphatic rings. The van der Waals surface area contributed by atoms with Gasteiger partial charge >= 0.3 is 12.1 Å². The Balaban J connectivity index is 3.05. The number of hydrogen-bond acceptors (Lipinski definition) is 4. The van der Waals surface area contributed by atoms with E-state index in [0.29, 0.717) is 11.8 Å². The summed E-state index contributed by atoms with van der Waals surface area (Å²) in [5, 5.41) is 8.98. The minimum absolute atomic E-state index is 0.0225. The fraction of sp³-hybridized carbons (Fsp3) is 0.417. The van der Waals surface area contributed by atoms with Gasteiger partial charge in [-0.15, -0.1) is 0 Å². The molecule has 0 aromatic heterocycles. The summed E-state index contributed by atoms with van der Waals surface area (Å²) in [4.78, 5) is 10.4. The second kappa shape index (κ2) is 7.34. The van der Waals surface area contributed by atoms with Crippen LogP contribution in [0, 0.1) is 0 Å². The van der Waals surface area contributed by atoms with Crippen molar-refractivity contribution < 1.29 is 31.5 Å². The molecule has 0 bridgehead atoms. The number of carboxylic acid groups (broad SMARTS) is 1. The third-order valence-corrected chi connectivity index (χ3v) is 4.79. The highest BCUT2D eigenvalue weighted by Gasteiger charge is 2.32. The summed E-state index contributed by atoms with van der Waals surface area (Å²) in [5.74, 6) is -0.994. The third-order valence-electron chi connectivity index (χ3n) is 2.68. The van der Waals surface area contributed by atoms with E-state index in [1.165, 1.54) is 11.8 Å². The van der Waals surface area contributed by atoms with Crippen molar-refractivity contribution >= 4 is 27.8 Å². The average molecular weight is 357 g/mol. The van der Waals surface area contributed by atoms with Gasteiger partial charge in [0, 0.05) is 0 Å². The lowest BCUT2D eigenvalue weighted by Crippen LogP contribution is -2.41. The Kier molecular flexibility index (Phi) is 6.27. The molecule has 0 spiro atoms. The Labute approximate surface area is 130 Å². The monoisotopic (exact) mass is 357 g/mol. The van der Waals surface area contributed by atoms with Gasteiger partial charge in [0.05, 0.1) is 10.5 Å². The van der Waals surface area contributed by atoms with Crippen molar-refractivity contribution in [3.8, 4) is 0 Å². The molecule has 0 radical (unpaired) electrons. The number of hydrogen-bond donors (Lipinski definition) is 2. The van der Waals surface area contributed by atoms with Crippen LogP contribution in [0.25, 0.3) is 0 Å². The number of benzene rings is 1. The highest BCUT2D eigenvalue weighted by Crippen LogP contribution is 2.30. The van der Waals surface area contributed by atoms with E-state index in [0.717, 1.165) is 18.2 Å². The Morgan fingerprint density at radius 2 is 2.05 bits per heavy atom. The highest BCUT2D eigenvalue weighted by atomic mass is 32.2. The number of nitrogens with one attached hydrogen (secondary N) is 1. The Morgan fingerprint density at radius 3 is 2.55 bits per heavy atom. The first kappa shape index (κ1) is 18.8. The lowest BCUT2D eigenvalue weighted by molar-refractivity contribution is -0.139. The van der Waals surface area contributed by atoms with Crippen LogP contribution in [-0.4, -0.2) is 37.5 Å². The van der Waals surface area contributed by atoms with Crippen molar-refractivity contribution in [1.29, 1.82) is 0 Å². The molecule has 1 aromatic carbocycles. The molecule has 2 N–H and O–H groups in total. The molecule has 10 heteroatoms. The Hall–Kier alpha value is -1.26. The number of halogens is 3. The minimum atomic E-state index is -4.68. The van der Waals surface area contributed by atoms with Crippen LogP contribution in [0.1, 0.15) is 12.0 Å². The first-order valence-electron chi connectivity index (χ1n) is 5.99. The average Bonchev–Trinajstić information content (AvgIpc) is 2.42. The smallest absolute Gasteiger partial charge is 0.416 e. The molecule has 0 aliphatic heterocycles. The van der Waals surface area contributed by atoms with Crippen LogP contribution >= 0.6 is 11.8 Å². The van der Waals surface area contributed by atoms with Gasteiger partial charge < -0.3 is 5.11 Å². The van der Waals surface area contributed by atoms with Gasteiger partial charge in [-0.3, -0.25) is 4.79 Å². The molecule has 1 atom stereocenters. The van der Waals surface area contributed by atoms with Crippen molar-refractivity contribution in [2.24, 2.45) is 0 Å². The summed E-state index contributed by atoms with van der Waals surface area (Å²) in [5.41, 5.74) is -1.12. The van der Waals surface area contributed by atoms with Crippen LogP contribution < -0.4 is 4.72 Å². The molecule has 0 fully saturated rings. The van der Waals surface area contributed by atoms with Gasteiger partial charge in [-0.1, -0.05) is 6.07 Å². The number of carboxylic acids is 1. The zero-order valence-electron chi connectivity index (χ0n) is 11.4. The van der Waals surface area contributed by atoms with E-state index in [9.17, 15) is 26.4 Å². The SMILES string of the molecule is CSCCC(NS(=O)(=O)c1cccc(C(F)(F)F)c1)C(=O)O. The molecule has 5 nitrogen and oxygen atoms in total. The maximum atomic E-state index is 12.6. The molecule has 0 saturated heterocycles. The van der Waals surface area contributed by atoms with Gasteiger partial charge in [-0.05, 0) is 36.6 Å². The van der Waals surface area contributed by atoms with E-state index in [1.807, 2.05) is 4.72 Å². The lowest BCUT2D eigenvalue weighted by atomic mass is 10.2. The summed E-state index contributed by atoms with van der Waals surface area (Å²) >= 11 is 1.33. The molecule has 0 saturated carbocycles. The van der Waals surface area contributed by atoms with Crippen molar-refractivity contribution in [2.45, 2.75) is 23.5 Å². The van der Waals surface area contributed by atoms with Crippen LogP contribution in [0.3, 0.4) is 0 Å². The largest absolute Gasteiger partial charge is 0.480 e. The molecule has 1 unspecified atom stereocenters. The van der Waals surface area contributed by atoms with E-state index < -0.39 is 38.7 Å². The Bertz CT molecular complexity index is 632. The molecule has 0 amide bonds. The third kappa shape index (κ3) is 5.18. The summed E-state index contributed by atoms with van der Waals surface area (Å²) in [7, 11) is -4.36. The molecular weight excluding hydrogens is 343 g/mol. The van der Waals surface area contributed by atoms with E-state index in [1.54, 1.807) is 6.26 Å². The second-order valence-corrected chi connectivity index (χ2v) is 7.02. The number of rotatable bonds is 7. The first-order valence-corrected chi connectivity index (χ1v) is 8.87. The maximum absolute atomic E-state index is 12.6. The van der Waals surface area contributed by atoms with Gasteiger partial charge in [0.2, 0.25) is 10.0 Å². The van der Waals surface area contributed by atoms with E-state index in [2.05, 4.69) is 0 Å². The quantitative estimate of drug-likeness (QED) is 0.782. The molecular formula is C12H14F3NO4S2. The standard InChI is InChI=1S/C12H14F3NO4S2/c1-21-6-5-10(11(17)18)16-22(19,20)9-4-2-3-8(7-9)12(13,14)15/h2-4,7,10,16H,5-6H2,1H3,(H,17,18). The summed E-state index contributed by atoms with van der Waals surface area (Å²) in [6, 6.07) is 1.74. The van der Waals surface area contributed by atoms with E-state index in [-0.39, 0.29) is 6.42 Å². The lowest BCUT2D eigenvalue weighted by Gasteiger charge is -2.15. The normalized spacial score (nSPS) is 13.8. The van der Waals surface area contributed by atoms with Crippen molar-refractivity contribution in [3.63, 3.8) is 0 Å². The van der Waals surface area contributed by atoms with Crippen molar-refractivity contribution in [3.05, 3.63) is 29.8 Å². The Morgan fingerprint density at radius 1 is 1.41 bits per heavy atom. The second-order valence-electron chi connectivity index (χ2n) is 4.32. The van der Waals surface area contributed by atoms with Crippen LogP contribution in [0.15, 0.2) is 29.2 Å². The minimum Gasteiger partial charge on any atom is -0.480 e. The van der Waals surface area contributed by atoms with Crippen LogP contribution in [0.5, 0.6) is 0 Å². The number of aliphatic carboxylic acids is 1. The van der Waals surface area contributed by atoms with Crippen LogP contribution in [0.4, 0.5) is 13.2 Å². The van der Waals surface area contributed by atoms with Crippen molar-refractivity contribution in [2.75, 3.05) is 12.0 Å². The van der Waals surface area contributed by atoms with Crippen LogP contribution in [0.2, 0.25) is 0 Å². The predicted octanol–water partition coefficient (Wildman–Crippen LogP) is 2.19. The van der Waals surface area contributed by atoms with Gasteiger partial charge in [0.1, 0.15) is 6.04 Å².